The van der Waals surface area contributed by atoms with E-state index in [-0.39, 0.29) is 5.56 Å². The lowest BCUT2D eigenvalue weighted by molar-refractivity contribution is 0.557. The number of aromatic nitrogens is 2. The van der Waals surface area contributed by atoms with Crippen molar-refractivity contribution in [1.29, 1.82) is 0 Å². The van der Waals surface area contributed by atoms with Crippen LogP contribution >= 0.6 is 0 Å². The molecule has 1 N–H and O–H groups in total. The first-order chi connectivity index (χ1) is 10.3. The van der Waals surface area contributed by atoms with E-state index in [0.29, 0.717) is 19.1 Å². The van der Waals surface area contributed by atoms with Crippen LogP contribution in [0.4, 0.5) is 0 Å². The molecule has 21 heavy (non-hydrogen) atoms. The van der Waals surface area contributed by atoms with Gasteiger partial charge in [0.05, 0.1) is 5.69 Å². The zero-order chi connectivity index (χ0) is 14.7. The van der Waals surface area contributed by atoms with E-state index in [1.165, 1.54) is 12.8 Å². The van der Waals surface area contributed by atoms with Gasteiger partial charge >= 0.3 is 0 Å². The van der Waals surface area contributed by atoms with Crippen molar-refractivity contribution in [1.82, 2.24) is 15.1 Å². The summed E-state index contributed by atoms with van der Waals surface area (Å²) in [6.45, 7) is 3.36. The Kier molecular flexibility index (Phi) is 4.15. The number of nitrogens with one attached hydrogen (secondary N) is 1. The topological polar surface area (TPSA) is 46.9 Å². The largest absolute Gasteiger partial charge is 0.310 e. The molecule has 0 atom stereocenters. The molecule has 0 bridgehead atoms. The number of aryl methyl sites for hydroxylation is 1. The van der Waals surface area contributed by atoms with Gasteiger partial charge in [0.25, 0.3) is 5.56 Å². The van der Waals surface area contributed by atoms with Crippen molar-refractivity contribution >= 4 is 0 Å². The number of hydrogen-bond donors (Lipinski definition) is 1. The molecule has 1 aliphatic carbocycles. The molecule has 1 aromatic carbocycles. The Bertz CT molecular complexity index is 659. The van der Waals surface area contributed by atoms with Crippen LogP contribution in [-0.4, -0.2) is 15.8 Å². The van der Waals surface area contributed by atoms with Crippen LogP contribution in [0.15, 0.2) is 41.2 Å². The van der Waals surface area contributed by atoms with Gasteiger partial charge in [0, 0.05) is 30.3 Å². The fourth-order valence-corrected chi connectivity index (χ4v) is 2.38. The summed E-state index contributed by atoms with van der Waals surface area (Å²) >= 11 is 0. The maximum atomic E-state index is 12.4. The van der Waals surface area contributed by atoms with Crippen LogP contribution < -0.4 is 10.9 Å². The highest BCUT2D eigenvalue weighted by Gasteiger charge is 2.21. The quantitative estimate of drug-likeness (QED) is 0.886. The summed E-state index contributed by atoms with van der Waals surface area (Å²) in [5, 5.41) is 7.93. The van der Waals surface area contributed by atoms with Gasteiger partial charge in [-0.1, -0.05) is 37.3 Å². The zero-order valence-electron chi connectivity index (χ0n) is 12.4. The number of nitrogens with zero attached hydrogens (tertiary/aromatic N) is 2. The van der Waals surface area contributed by atoms with Crippen LogP contribution in [0, 0.1) is 0 Å². The molecular weight excluding hydrogens is 262 g/mol. The van der Waals surface area contributed by atoms with E-state index in [0.717, 1.165) is 23.2 Å². The predicted molar refractivity (Wildman–Crippen MR) is 84.1 cm³/mol. The summed E-state index contributed by atoms with van der Waals surface area (Å²) in [6, 6.07) is 12.6. The molecular formula is C17H21N3O. The molecule has 0 saturated heterocycles. The monoisotopic (exact) mass is 283 g/mol. The highest BCUT2D eigenvalue weighted by atomic mass is 16.1. The van der Waals surface area contributed by atoms with E-state index in [1.54, 1.807) is 4.68 Å². The molecule has 2 aromatic rings. The maximum Gasteiger partial charge on any atom is 0.271 e. The van der Waals surface area contributed by atoms with Crippen LogP contribution in [0.25, 0.3) is 11.3 Å². The van der Waals surface area contributed by atoms with Crippen molar-refractivity contribution < 1.29 is 0 Å². The Balaban J connectivity index is 1.97. The van der Waals surface area contributed by atoms with Gasteiger partial charge in [0.2, 0.25) is 0 Å². The fourth-order valence-electron chi connectivity index (χ4n) is 2.38. The first kappa shape index (κ1) is 14.0. The molecule has 4 nitrogen and oxygen atoms in total. The first-order valence-electron chi connectivity index (χ1n) is 7.67. The third-order valence-electron chi connectivity index (χ3n) is 3.71. The summed E-state index contributed by atoms with van der Waals surface area (Å²) in [5.74, 6) is 0. The smallest absolute Gasteiger partial charge is 0.271 e. The fraction of sp³-hybridized carbons (Fsp3) is 0.412. The molecule has 0 aliphatic heterocycles. The Morgan fingerprint density at radius 1 is 1.29 bits per heavy atom. The zero-order valence-corrected chi connectivity index (χ0v) is 12.4. The van der Waals surface area contributed by atoms with E-state index in [2.05, 4.69) is 17.3 Å². The second-order valence-electron chi connectivity index (χ2n) is 5.60. The van der Waals surface area contributed by atoms with Crippen molar-refractivity contribution in [3.8, 4) is 11.3 Å². The highest BCUT2D eigenvalue weighted by molar-refractivity contribution is 5.58. The normalized spacial score (nSPS) is 14.3. The second kappa shape index (κ2) is 6.22. The van der Waals surface area contributed by atoms with Gasteiger partial charge in [-0.05, 0) is 25.3 Å². The van der Waals surface area contributed by atoms with Crippen LogP contribution in [0.2, 0.25) is 0 Å². The molecule has 1 heterocycles. The molecule has 0 unspecified atom stereocenters. The molecule has 4 heteroatoms. The third-order valence-corrected chi connectivity index (χ3v) is 3.71. The molecule has 0 radical (unpaired) electrons. The van der Waals surface area contributed by atoms with Gasteiger partial charge in [-0.25, -0.2) is 4.68 Å². The van der Waals surface area contributed by atoms with Crippen LogP contribution in [-0.2, 0) is 13.1 Å². The SMILES string of the molecule is CCCn1nc(-c2ccccc2)cc(CNC2CC2)c1=O. The lowest BCUT2D eigenvalue weighted by Gasteiger charge is -2.10. The van der Waals surface area contributed by atoms with Crippen molar-refractivity contribution in [2.75, 3.05) is 0 Å². The Labute approximate surface area is 124 Å². The Hall–Kier alpha value is -1.94. The molecule has 1 aliphatic rings. The summed E-state index contributed by atoms with van der Waals surface area (Å²) in [7, 11) is 0. The second-order valence-corrected chi connectivity index (χ2v) is 5.60. The standard InChI is InChI=1S/C17H21N3O/c1-2-10-20-17(21)14(12-18-15-8-9-15)11-16(19-20)13-6-4-3-5-7-13/h3-7,11,15,18H,2,8-10,12H2,1H3. The third kappa shape index (κ3) is 3.39. The van der Waals surface area contributed by atoms with Crippen molar-refractivity contribution in [2.45, 2.75) is 45.3 Å². The van der Waals surface area contributed by atoms with Crippen molar-refractivity contribution in [3.63, 3.8) is 0 Å². The molecule has 3 rings (SSSR count). The molecule has 0 spiro atoms. The summed E-state index contributed by atoms with van der Waals surface area (Å²) in [5.41, 5.74) is 2.76. The summed E-state index contributed by atoms with van der Waals surface area (Å²) in [4.78, 5) is 12.4. The number of hydrogen-bond acceptors (Lipinski definition) is 3. The van der Waals surface area contributed by atoms with Gasteiger partial charge in [-0.15, -0.1) is 0 Å². The molecule has 110 valence electrons. The Morgan fingerprint density at radius 3 is 2.71 bits per heavy atom. The molecule has 0 amide bonds. The number of rotatable bonds is 6. The van der Waals surface area contributed by atoms with E-state index in [4.69, 9.17) is 0 Å². The highest BCUT2D eigenvalue weighted by Crippen LogP contribution is 2.20. The minimum atomic E-state index is 0.0321. The predicted octanol–water partition coefficient (Wildman–Crippen LogP) is 2.57. The van der Waals surface area contributed by atoms with Crippen LogP contribution in [0.1, 0.15) is 31.7 Å². The summed E-state index contributed by atoms with van der Waals surface area (Å²) in [6.07, 6.45) is 3.35. The average molecular weight is 283 g/mol. The van der Waals surface area contributed by atoms with E-state index < -0.39 is 0 Å². The molecule has 1 aromatic heterocycles. The first-order valence-corrected chi connectivity index (χ1v) is 7.67. The minimum Gasteiger partial charge on any atom is -0.310 e. The van der Waals surface area contributed by atoms with E-state index in [1.807, 2.05) is 36.4 Å². The lowest BCUT2D eigenvalue weighted by atomic mass is 10.1. The van der Waals surface area contributed by atoms with Crippen molar-refractivity contribution in [2.24, 2.45) is 0 Å². The van der Waals surface area contributed by atoms with E-state index >= 15 is 0 Å². The molecule has 1 saturated carbocycles. The lowest BCUT2D eigenvalue weighted by Crippen LogP contribution is -2.30. The minimum absolute atomic E-state index is 0.0321. The van der Waals surface area contributed by atoms with Gasteiger partial charge in [-0.3, -0.25) is 4.79 Å². The molecule has 1 fully saturated rings. The average Bonchev–Trinajstić information content (AvgIpc) is 3.33. The van der Waals surface area contributed by atoms with Gasteiger partial charge in [0.15, 0.2) is 0 Å². The van der Waals surface area contributed by atoms with E-state index in [9.17, 15) is 4.79 Å². The number of benzene rings is 1. The van der Waals surface area contributed by atoms with Crippen molar-refractivity contribution in [3.05, 3.63) is 52.3 Å². The summed E-state index contributed by atoms with van der Waals surface area (Å²) < 4.78 is 1.60. The Morgan fingerprint density at radius 2 is 2.05 bits per heavy atom. The maximum absolute atomic E-state index is 12.4. The van der Waals surface area contributed by atoms with Gasteiger partial charge in [0.1, 0.15) is 0 Å². The van der Waals surface area contributed by atoms with Gasteiger partial charge < -0.3 is 5.32 Å². The van der Waals surface area contributed by atoms with Crippen LogP contribution in [0.5, 0.6) is 0 Å². The van der Waals surface area contributed by atoms with Crippen LogP contribution in [0.3, 0.4) is 0 Å². The van der Waals surface area contributed by atoms with Gasteiger partial charge in [-0.2, -0.15) is 5.10 Å².